The van der Waals surface area contributed by atoms with Crippen molar-refractivity contribution in [2.45, 2.75) is 49.9 Å². The second kappa shape index (κ2) is 14.2. The normalized spacial score (nSPS) is 13.8. The molecule has 2 heterocycles. The molecule has 4 rings (SSSR count). The number of para-hydroxylation sites is 2. The highest BCUT2D eigenvalue weighted by molar-refractivity contribution is 5.97. The average molecular weight is 619 g/mol. The molecular formula is C30H34N8O7. The molecule has 15 heteroatoms. The number of aromatic amines is 2. The summed E-state index contributed by atoms with van der Waals surface area (Å²) in [5.41, 5.74) is 19.0. The van der Waals surface area contributed by atoms with Gasteiger partial charge < -0.3 is 48.2 Å². The van der Waals surface area contributed by atoms with Crippen molar-refractivity contribution < 1.29 is 33.9 Å². The molecule has 4 unspecified atom stereocenters. The number of benzene rings is 2. The maximum atomic E-state index is 13.8. The Morgan fingerprint density at radius 1 is 0.644 bits per heavy atom. The third kappa shape index (κ3) is 8.23. The second-order valence-corrected chi connectivity index (χ2v) is 10.6. The zero-order chi connectivity index (χ0) is 32.7. The Balaban J connectivity index is 1.65. The van der Waals surface area contributed by atoms with Gasteiger partial charge in [-0.05, 0) is 23.3 Å². The van der Waals surface area contributed by atoms with E-state index in [1.54, 1.807) is 18.5 Å². The molecule has 15 nitrogen and oxygen atoms in total. The van der Waals surface area contributed by atoms with Crippen molar-refractivity contribution in [3.05, 3.63) is 72.1 Å². The molecule has 2 aromatic heterocycles. The first kappa shape index (κ1) is 32.2. The first-order valence-electron chi connectivity index (χ1n) is 14.0. The molecule has 4 atom stereocenters. The summed E-state index contributed by atoms with van der Waals surface area (Å²) >= 11 is 0. The number of aromatic nitrogens is 2. The lowest BCUT2D eigenvalue weighted by atomic mass is 10.0. The van der Waals surface area contributed by atoms with Gasteiger partial charge in [0.15, 0.2) is 0 Å². The van der Waals surface area contributed by atoms with E-state index in [0.29, 0.717) is 11.1 Å². The number of primary amides is 2. The average Bonchev–Trinajstić information content (AvgIpc) is 3.59. The van der Waals surface area contributed by atoms with Gasteiger partial charge in [-0.25, -0.2) is 4.79 Å². The van der Waals surface area contributed by atoms with E-state index in [0.717, 1.165) is 21.8 Å². The number of nitrogens with two attached hydrogens (primary N) is 3. The van der Waals surface area contributed by atoms with Crippen LogP contribution in [0.1, 0.15) is 24.0 Å². The van der Waals surface area contributed by atoms with Gasteiger partial charge >= 0.3 is 5.97 Å². The zero-order valence-corrected chi connectivity index (χ0v) is 24.0. The molecule has 0 aliphatic carbocycles. The fraction of sp³-hybridized carbons (Fsp3) is 0.267. The van der Waals surface area contributed by atoms with Crippen molar-refractivity contribution in [2.75, 3.05) is 0 Å². The molecule has 5 amide bonds. The zero-order valence-electron chi connectivity index (χ0n) is 24.0. The molecule has 0 aliphatic heterocycles. The fourth-order valence-electron chi connectivity index (χ4n) is 4.99. The van der Waals surface area contributed by atoms with Crippen LogP contribution in [0, 0.1) is 0 Å². The van der Waals surface area contributed by atoms with Crippen molar-refractivity contribution in [1.29, 1.82) is 0 Å². The third-order valence-corrected chi connectivity index (χ3v) is 7.24. The predicted molar refractivity (Wildman–Crippen MR) is 163 cm³/mol. The van der Waals surface area contributed by atoms with Gasteiger partial charge in [0.05, 0.1) is 18.9 Å². The molecule has 0 spiro atoms. The highest BCUT2D eigenvalue weighted by atomic mass is 16.4. The monoisotopic (exact) mass is 618 g/mol. The lowest BCUT2D eigenvalue weighted by Gasteiger charge is -2.25. The molecule has 0 aliphatic rings. The number of amides is 5. The topological polar surface area (TPSA) is 268 Å². The van der Waals surface area contributed by atoms with Crippen molar-refractivity contribution in [3.63, 3.8) is 0 Å². The smallest absolute Gasteiger partial charge is 0.326 e. The molecule has 0 saturated heterocycles. The minimum Gasteiger partial charge on any atom is -0.480 e. The summed E-state index contributed by atoms with van der Waals surface area (Å²) in [6, 6.07) is 8.92. The van der Waals surface area contributed by atoms with Gasteiger partial charge in [0.25, 0.3) is 0 Å². The number of fused-ring (bicyclic) bond motifs is 2. The predicted octanol–water partition coefficient (Wildman–Crippen LogP) is -0.948. The van der Waals surface area contributed by atoms with Crippen LogP contribution in [0.3, 0.4) is 0 Å². The number of carbonyl (C=O) groups is 6. The Bertz CT molecular complexity index is 1750. The largest absolute Gasteiger partial charge is 0.480 e. The molecule has 0 fully saturated rings. The Labute approximate surface area is 256 Å². The van der Waals surface area contributed by atoms with Crippen molar-refractivity contribution >= 4 is 57.3 Å². The lowest BCUT2D eigenvalue weighted by Crippen LogP contribution is -2.58. The summed E-state index contributed by atoms with van der Waals surface area (Å²) in [7, 11) is 0. The summed E-state index contributed by atoms with van der Waals surface area (Å²) in [6.07, 6.45) is 2.08. The van der Waals surface area contributed by atoms with Crippen LogP contribution in [0.25, 0.3) is 21.8 Å². The number of nitrogens with one attached hydrogen (secondary N) is 5. The van der Waals surface area contributed by atoms with E-state index in [4.69, 9.17) is 17.2 Å². The molecule has 2 aromatic carbocycles. The number of hydrogen-bond acceptors (Lipinski definition) is 7. The molecule has 12 N–H and O–H groups in total. The maximum Gasteiger partial charge on any atom is 0.326 e. The number of carboxylic acids is 1. The molecule has 4 aromatic rings. The number of carboxylic acid groups (broad SMARTS) is 1. The van der Waals surface area contributed by atoms with E-state index in [1.807, 2.05) is 42.5 Å². The summed E-state index contributed by atoms with van der Waals surface area (Å²) in [4.78, 5) is 81.0. The lowest BCUT2D eigenvalue weighted by molar-refractivity contribution is -0.143. The summed E-state index contributed by atoms with van der Waals surface area (Å²) < 4.78 is 0. The van der Waals surface area contributed by atoms with Gasteiger partial charge in [0, 0.05) is 47.0 Å². The van der Waals surface area contributed by atoms with Crippen LogP contribution in [-0.2, 0) is 41.6 Å². The van der Waals surface area contributed by atoms with Crippen molar-refractivity contribution in [1.82, 2.24) is 25.9 Å². The van der Waals surface area contributed by atoms with Crippen molar-refractivity contribution in [3.8, 4) is 0 Å². The van der Waals surface area contributed by atoms with E-state index in [2.05, 4.69) is 25.9 Å². The van der Waals surface area contributed by atoms with Crippen LogP contribution < -0.4 is 33.2 Å². The molecular weight excluding hydrogens is 584 g/mol. The van der Waals surface area contributed by atoms with Crippen LogP contribution in [-0.4, -0.2) is 74.7 Å². The van der Waals surface area contributed by atoms with Crippen LogP contribution >= 0.6 is 0 Å². The molecule has 0 radical (unpaired) electrons. The van der Waals surface area contributed by atoms with Gasteiger partial charge in [-0.2, -0.15) is 0 Å². The summed E-state index contributed by atoms with van der Waals surface area (Å²) in [5, 5.41) is 18.6. The number of H-pyrrole nitrogens is 2. The maximum absolute atomic E-state index is 13.8. The SMILES string of the molecule is NC(=O)CC(N)C(=O)NC(Cc1c[nH]c2ccccc12)C(=O)NC(Cc1c[nH]c2ccccc12)C(=O)NC(CC(N)=O)C(=O)O. The van der Waals surface area contributed by atoms with Crippen LogP contribution in [0.2, 0.25) is 0 Å². The number of hydrogen-bond donors (Lipinski definition) is 9. The second-order valence-electron chi connectivity index (χ2n) is 10.6. The highest BCUT2D eigenvalue weighted by Crippen LogP contribution is 2.21. The van der Waals surface area contributed by atoms with Crippen LogP contribution in [0.5, 0.6) is 0 Å². The minimum atomic E-state index is -1.65. The highest BCUT2D eigenvalue weighted by Gasteiger charge is 2.32. The van der Waals surface area contributed by atoms with Gasteiger partial charge in [-0.1, -0.05) is 36.4 Å². The minimum absolute atomic E-state index is 0.0360. The Morgan fingerprint density at radius 2 is 1.07 bits per heavy atom. The summed E-state index contributed by atoms with van der Waals surface area (Å²) in [6.45, 7) is 0. The van der Waals surface area contributed by atoms with E-state index < -0.39 is 72.5 Å². The Kier molecular flexibility index (Phi) is 10.2. The number of carbonyl (C=O) groups excluding carboxylic acids is 5. The van der Waals surface area contributed by atoms with E-state index in [9.17, 15) is 33.9 Å². The van der Waals surface area contributed by atoms with Crippen molar-refractivity contribution in [2.24, 2.45) is 17.2 Å². The molecule has 45 heavy (non-hydrogen) atoms. The number of rotatable bonds is 15. The number of aliphatic carboxylic acids is 1. The molecule has 0 bridgehead atoms. The summed E-state index contributed by atoms with van der Waals surface area (Å²) in [5.74, 6) is -5.76. The third-order valence-electron chi connectivity index (χ3n) is 7.24. The standard InChI is InChI=1S/C30H34N8O7/c31-19(11-25(32)39)27(41)36-22(9-15-13-34-20-7-3-1-5-17(15)20)28(42)37-23(29(43)38-24(30(44)45)12-26(33)40)10-16-14-35-21-8-4-2-6-18(16)21/h1-8,13-14,19,22-24,34-35H,9-12,31H2,(H2,32,39)(H2,33,40)(H,36,41)(H,37,42)(H,38,43)(H,44,45). The Hall–Kier alpha value is -5.70. The molecule has 0 saturated carbocycles. The van der Waals surface area contributed by atoms with E-state index in [-0.39, 0.29) is 12.8 Å². The van der Waals surface area contributed by atoms with Gasteiger partial charge in [-0.3, -0.25) is 24.0 Å². The van der Waals surface area contributed by atoms with Crippen LogP contribution in [0.4, 0.5) is 0 Å². The van der Waals surface area contributed by atoms with Gasteiger partial charge in [0.1, 0.15) is 18.1 Å². The van der Waals surface area contributed by atoms with E-state index >= 15 is 0 Å². The first-order valence-corrected chi connectivity index (χ1v) is 14.0. The fourth-order valence-corrected chi connectivity index (χ4v) is 4.99. The first-order chi connectivity index (χ1) is 21.4. The van der Waals surface area contributed by atoms with Gasteiger partial charge in [-0.15, -0.1) is 0 Å². The van der Waals surface area contributed by atoms with Gasteiger partial charge in [0.2, 0.25) is 29.5 Å². The Morgan fingerprint density at radius 3 is 1.51 bits per heavy atom. The van der Waals surface area contributed by atoms with E-state index in [1.165, 1.54) is 0 Å². The van der Waals surface area contributed by atoms with Crippen LogP contribution in [0.15, 0.2) is 60.9 Å². The quantitative estimate of drug-likeness (QED) is 0.0799. The molecule has 236 valence electrons.